The molecule has 1 aliphatic heterocycles. The SMILES string of the molecule is Cc1ncc(-c2ccnc(Nc3ccc(C(=O)N4CC[C@H](O)C4)cc3)n2)n1C(C)C. The second-order valence-electron chi connectivity index (χ2n) is 7.82. The molecule has 1 atom stereocenters. The lowest BCUT2D eigenvalue weighted by Crippen LogP contribution is -2.29. The molecule has 1 aliphatic rings. The van der Waals surface area contributed by atoms with Gasteiger partial charge in [0.1, 0.15) is 5.82 Å². The smallest absolute Gasteiger partial charge is 0.253 e. The summed E-state index contributed by atoms with van der Waals surface area (Å²) in [4.78, 5) is 27.6. The van der Waals surface area contributed by atoms with Crippen molar-refractivity contribution >= 4 is 17.5 Å². The van der Waals surface area contributed by atoms with E-state index in [1.165, 1.54) is 0 Å². The number of rotatable bonds is 5. The zero-order valence-corrected chi connectivity index (χ0v) is 17.4. The number of aryl methyl sites for hydroxylation is 1. The first-order valence-electron chi connectivity index (χ1n) is 10.1. The number of carbonyl (C=O) groups excluding carboxylic acids is 1. The number of nitrogens with zero attached hydrogens (tertiary/aromatic N) is 5. The Balaban J connectivity index is 1.50. The Bertz CT molecular complexity index is 1040. The summed E-state index contributed by atoms with van der Waals surface area (Å²) < 4.78 is 2.14. The van der Waals surface area contributed by atoms with Crippen molar-refractivity contribution in [3.8, 4) is 11.4 Å². The lowest BCUT2D eigenvalue weighted by Gasteiger charge is -2.16. The standard InChI is InChI=1S/C22H26N6O2/c1-14(2)28-15(3)24-12-20(28)19-8-10-23-22(26-19)25-17-6-4-16(5-7-17)21(30)27-11-9-18(29)13-27/h4-8,10,12,14,18,29H,9,11,13H2,1-3H3,(H,23,25,26)/t18-/m0/s1. The van der Waals surface area contributed by atoms with E-state index in [0.717, 1.165) is 22.9 Å². The number of aliphatic hydroxyl groups is 1. The average Bonchev–Trinajstić information content (AvgIpc) is 3.34. The van der Waals surface area contributed by atoms with E-state index in [4.69, 9.17) is 0 Å². The number of carbonyl (C=O) groups is 1. The van der Waals surface area contributed by atoms with Gasteiger partial charge in [-0.25, -0.2) is 15.0 Å². The fourth-order valence-electron chi connectivity index (χ4n) is 3.79. The monoisotopic (exact) mass is 406 g/mol. The predicted octanol–water partition coefficient (Wildman–Crippen LogP) is 3.18. The van der Waals surface area contributed by atoms with Crippen LogP contribution in [0.1, 0.15) is 42.5 Å². The molecule has 4 rings (SSSR count). The van der Waals surface area contributed by atoms with E-state index in [-0.39, 0.29) is 11.9 Å². The summed E-state index contributed by atoms with van der Waals surface area (Å²) in [6.07, 6.45) is 3.76. The molecule has 8 nitrogen and oxygen atoms in total. The summed E-state index contributed by atoms with van der Waals surface area (Å²) in [7, 11) is 0. The highest BCUT2D eigenvalue weighted by atomic mass is 16.3. The van der Waals surface area contributed by atoms with Gasteiger partial charge in [0, 0.05) is 36.6 Å². The maximum absolute atomic E-state index is 12.5. The topological polar surface area (TPSA) is 96.2 Å². The zero-order valence-electron chi connectivity index (χ0n) is 17.4. The highest BCUT2D eigenvalue weighted by molar-refractivity contribution is 5.94. The van der Waals surface area contributed by atoms with Crippen molar-refractivity contribution in [1.29, 1.82) is 0 Å². The summed E-state index contributed by atoms with van der Waals surface area (Å²) >= 11 is 0. The van der Waals surface area contributed by atoms with Gasteiger partial charge in [-0.1, -0.05) is 0 Å². The molecule has 30 heavy (non-hydrogen) atoms. The number of benzene rings is 1. The molecule has 1 aromatic carbocycles. The van der Waals surface area contributed by atoms with Crippen molar-refractivity contribution in [3.63, 3.8) is 0 Å². The van der Waals surface area contributed by atoms with E-state index in [1.807, 2.05) is 31.3 Å². The average molecular weight is 406 g/mol. The Morgan fingerprint density at radius 1 is 1.20 bits per heavy atom. The Hall–Kier alpha value is -3.26. The lowest BCUT2D eigenvalue weighted by molar-refractivity contribution is 0.0765. The Labute approximate surface area is 175 Å². The number of β-amino-alcohol motifs (C(OH)–C–C–N with tert-alkyl or cyclic N) is 1. The number of anilines is 2. The van der Waals surface area contributed by atoms with Crippen LogP contribution in [0.25, 0.3) is 11.4 Å². The minimum absolute atomic E-state index is 0.0614. The third-order valence-corrected chi connectivity index (χ3v) is 5.25. The van der Waals surface area contributed by atoms with Gasteiger partial charge in [-0.2, -0.15) is 0 Å². The molecular formula is C22H26N6O2. The molecule has 0 bridgehead atoms. The van der Waals surface area contributed by atoms with Gasteiger partial charge >= 0.3 is 0 Å². The Morgan fingerprint density at radius 3 is 2.63 bits per heavy atom. The molecule has 1 fully saturated rings. The minimum Gasteiger partial charge on any atom is -0.391 e. The largest absolute Gasteiger partial charge is 0.391 e. The molecule has 156 valence electrons. The van der Waals surface area contributed by atoms with Gasteiger partial charge in [-0.05, 0) is 57.5 Å². The highest BCUT2D eigenvalue weighted by Crippen LogP contribution is 2.24. The number of nitrogens with one attached hydrogen (secondary N) is 1. The van der Waals surface area contributed by atoms with Crippen molar-refractivity contribution in [3.05, 3.63) is 54.1 Å². The van der Waals surface area contributed by atoms with E-state index in [1.54, 1.807) is 23.2 Å². The van der Waals surface area contributed by atoms with Crippen molar-refractivity contribution in [2.75, 3.05) is 18.4 Å². The van der Waals surface area contributed by atoms with E-state index < -0.39 is 6.10 Å². The molecular weight excluding hydrogens is 380 g/mol. The van der Waals surface area contributed by atoms with Gasteiger partial charge in [-0.3, -0.25) is 4.79 Å². The van der Waals surface area contributed by atoms with Gasteiger partial charge in [0.2, 0.25) is 5.95 Å². The maximum atomic E-state index is 12.5. The quantitative estimate of drug-likeness (QED) is 0.676. The van der Waals surface area contributed by atoms with Crippen LogP contribution in [0.3, 0.4) is 0 Å². The molecule has 0 saturated carbocycles. The van der Waals surface area contributed by atoms with Crippen LogP contribution in [0.5, 0.6) is 0 Å². The third kappa shape index (κ3) is 4.04. The number of hydrogen-bond donors (Lipinski definition) is 2. The van der Waals surface area contributed by atoms with E-state index in [2.05, 4.69) is 38.7 Å². The van der Waals surface area contributed by atoms with Crippen LogP contribution >= 0.6 is 0 Å². The lowest BCUT2D eigenvalue weighted by atomic mass is 10.2. The molecule has 1 saturated heterocycles. The van der Waals surface area contributed by atoms with E-state index in [9.17, 15) is 9.90 Å². The molecule has 0 aliphatic carbocycles. The molecule has 3 aromatic rings. The van der Waals surface area contributed by atoms with Crippen molar-refractivity contribution in [1.82, 2.24) is 24.4 Å². The first-order valence-corrected chi connectivity index (χ1v) is 10.1. The number of imidazole rings is 1. The van der Waals surface area contributed by atoms with Crippen LogP contribution in [-0.4, -0.2) is 54.6 Å². The third-order valence-electron chi connectivity index (χ3n) is 5.25. The molecule has 3 heterocycles. The normalized spacial score (nSPS) is 16.3. The van der Waals surface area contributed by atoms with Crippen LogP contribution in [0.15, 0.2) is 42.7 Å². The van der Waals surface area contributed by atoms with Crippen LogP contribution in [-0.2, 0) is 0 Å². The number of aromatic nitrogens is 4. The van der Waals surface area contributed by atoms with Gasteiger partial charge < -0.3 is 19.9 Å². The van der Waals surface area contributed by atoms with Gasteiger partial charge in [0.05, 0.1) is 23.7 Å². The molecule has 0 radical (unpaired) electrons. The minimum atomic E-state index is -0.421. The molecule has 2 N–H and O–H groups in total. The van der Waals surface area contributed by atoms with Crippen molar-refractivity contribution in [2.45, 2.75) is 39.3 Å². The summed E-state index contributed by atoms with van der Waals surface area (Å²) in [5, 5.41) is 12.8. The molecule has 0 spiro atoms. The summed E-state index contributed by atoms with van der Waals surface area (Å²) in [6, 6.07) is 9.35. The fraction of sp³-hybridized carbons (Fsp3) is 0.364. The van der Waals surface area contributed by atoms with Crippen LogP contribution in [0.4, 0.5) is 11.6 Å². The number of aliphatic hydroxyl groups excluding tert-OH is 1. The molecule has 0 unspecified atom stereocenters. The van der Waals surface area contributed by atoms with Crippen LogP contribution < -0.4 is 5.32 Å². The first-order chi connectivity index (χ1) is 14.4. The zero-order chi connectivity index (χ0) is 21.3. The van der Waals surface area contributed by atoms with Gasteiger partial charge in [0.25, 0.3) is 5.91 Å². The molecule has 8 heteroatoms. The van der Waals surface area contributed by atoms with Crippen molar-refractivity contribution in [2.24, 2.45) is 0 Å². The van der Waals surface area contributed by atoms with Gasteiger partial charge in [0.15, 0.2) is 0 Å². The summed E-state index contributed by atoms with van der Waals surface area (Å²) in [6.45, 7) is 7.20. The Morgan fingerprint density at radius 2 is 1.97 bits per heavy atom. The first kappa shape index (κ1) is 20.0. The predicted molar refractivity (Wildman–Crippen MR) is 115 cm³/mol. The van der Waals surface area contributed by atoms with Crippen LogP contribution in [0, 0.1) is 6.92 Å². The molecule has 1 amide bonds. The number of hydrogen-bond acceptors (Lipinski definition) is 6. The maximum Gasteiger partial charge on any atom is 0.253 e. The highest BCUT2D eigenvalue weighted by Gasteiger charge is 2.25. The Kier molecular flexibility index (Phi) is 5.50. The summed E-state index contributed by atoms with van der Waals surface area (Å²) in [5.41, 5.74) is 3.13. The second kappa shape index (κ2) is 8.23. The van der Waals surface area contributed by atoms with E-state index >= 15 is 0 Å². The second-order valence-corrected chi connectivity index (χ2v) is 7.82. The van der Waals surface area contributed by atoms with Crippen LogP contribution in [0.2, 0.25) is 0 Å². The number of likely N-dealkylation sites (tertiary alicyclic amines) is 1. The fourth-order valence-corrected chi connectivity index (χ4v) is 3.79. The van der Waals surface area contributed by atoms with Gasteiger partial charge in [-0.15, -0.1) is 0 Å². The van der Waals surface area contributed by atoms with Crippen molar-refractivity contribution < 1.29 is 9.90 Å². The summed E-state index contributed by atoms with van der Waals surface area (Å²) in [5.74, 6) is 1.36. The number of amides is 1. The molecule has 2 aromatic heterocycles. The van der Waals surface area contributed by atoms with E-state index in [0.29, 0.717) is 31.0 Å².